The van der Waals surface area contributed by atoms with Gasteiger partial charge in [0.05, 0.1) is 29.2 Å². The zero-order valence-electron chi connectivity index (χ0n) is 20.9. The van der Waals surface area contributed by atoms with E-state index in [-0.39, 0.29) is 18.1 Å². The summed E-state index contributed by atoms with van der Waals surface area (Å²) in [7, 11) is 0. The Kier molecular flexibility index (Phi) is 7.41. The molecule has 2 atom stereocenters. The van der Waals surface area contributed by atoms with Crippen LogP contribution in [0.5, 0.6) is 5.75 Å². The summed E-state index contributed by atoms with van der Waals surface area (Å²) >= 11 is 0. The van der Waals surface area contributed by atoms with Gasteiger partial charge in [-0.25, -0.2) is 0 Å². The van der Waals surface area contributed by atoms with Crippen molar-refractivity contribution >= 4 is 11.8 Å². The van der Waals surface area contributed by atoms with Gasteiger partial charge in [-0.2, -0.15) is 10.2 Å². The van der Waals surface area contributed by atoms with E-state index in [9.17, 15) is 15.2 Å². The van der Waals surface area contributed by atoms with Crippen molar-refractivity contribution in [2.45, 2.75) is 58.8 Å². The number of hydrogen-bond acceptors (Lipinski definition) is 6. The van der Waals surface area contributed by atoms with Gasteiger partial charge in [0.15, 0.2) is 0 Å². The molecule has 0 aliphatic rings. The van der Waals surface area contributed by atoms with E-state index < -0.39 is 6.10 Å². The van der Waals surface area contributed by atoms with Gasteiger partial charge in [-0.3, -0.25) is 9.20 Å². The maximum absolute atomic E-state index is 13.0. The average Bonchev–Trinajstić information content (AvgIpc) is 3.41. The zero-order chi connectivity index (χ0) is 25.8. The highest BCUT2D eigenvalue weighted by molar-refractivity contribution is 5.95. The highest BCUT2D eigenvalue weighted by Crippen LogP contribution is 2.23. The Morgan fingerprint density at radius 1 is 1.22 bits per heavy atom. The molecule has 0 fully saturated rings. The third-order valence-electron chi connectivity index (χ3n) is 5.81. The molecule has 0 saturated carbocycles. The molecule has 2 heterocycles. The number of nitriles is 1. The topological polar surface area (TPSA) is 113 Å². The molecule has 8 nitrogen and oxygen atoms in total. The first-order chi connectivity index (χ1) is 17.2. The second-order valence-corrected chi connectivity index (χ2v) is 9.30. The van der Waals surface area contributed by atoms with Crippen molar-refractivity contribution in [2.24, 2.45) is 0 Å². The van der Waals surface area contributed by atoms with E-state index in [1.165, 1.54) is 6.07 Å². The lowest BCUT2D eigenvalue weighted by molar-refractivity contribution is 0.0917. The van der Waals surface area contributed by atoms with Crippen LogP contribution in [0.1, 0.15) is 54.4 Å². The first-order valence-electron chi connectivity index (χ1n) is 12.0. The average molecular weight is 487 g/mol. The van der Waals surface area contributed by atoms with Crippen molar-refractivity contribution in [3.05, 3.63) is 77.3 Å². The fourth-order valence-electron chi connectivity index (χ4n) is 4.12. The van der Waals surface area contributed by atoms with Crippen LogP contribution in [-0.4, -0.2) is 38.6 Å². The quantitative estimate of drug-likeness (QED) is 0.355. The molecule has 2 aromatic heterocycles. The minimum absolute atomic E-state index is 0.0811. The normalized spacial score (nSPS) is 12.9. The predicted molar refractivity (Wildman–Crippen MR) is 136 cm³/mol. The fraction of sp³-hybridized carbons (Fsp3) is 0.321. The van der Waals surface area contributed by atoms with Crippen molar-refractivity contribution in [1.29, 1.82) is 5.26 Å². The second kappa shape index (κ2) is 10.7. The number of fused-ring (bicyclic) bond motifs is 1. The van der Waals surface area contributed by atoms with Crippen LogP contribution in [-0.2, 0) is 6.42 Å². The van der Waals surface area contributed by atoms with Crippen LogP contribution in [0.4, 0.5) is 0 Å². The monoisotopic (exact) mass is 486 g/mol. The molecule has 0 aliphatic heterocycles. The number of ether oxygens (including phenoxy) is 1. The van der Waals surface area contributed by atoms with Gasteiger partial charge in [-0.15, -0.1) is 0 Å². The Hall–Kier alpha value is -4.09. The Bertz CT molecular complexity index is 1390. The molecular formula is C28H30N4O4. The van der Waals surface area contributed by atoms with Crippen LogP contribution < -0.4 is 10.1 Å². The van der Waals surface area contributed by atoms with E-state index in [0.29, 0.717) is 35.6 Å². The van der Waals surface area contributed by atoms with Gasteiger partial charge in [-0.05, 0) is 64.3 Å². The number of carbonyl (C=O) groups is 1. The lowest BCUT2D eigenvalue weighted by Crippen LogP contribution is -2.38. The summed E-state index contributed by atoms with van der Waals surface area (Å²) in [6.45, 7) is 7.41. The van der Waals surface area contributed by atoms with Gasteiger partial charge >= 0.3 is 5.84 Å². The number of carbonyl (C=O) groups excluding carboxylic acids is 1. The molecule has 1 amide bonds. The lowest BCUT2D eigenvalue weighted by atomic mass is 9.99. The number of oxazole rings is 1. The Labute approximate surface area is 210 Å². The van der Waals surface area contributed by atoms with Crippen LogP contribution in [0.15, 0.2) is 59.3 Å². The van der Waals surface area contributed by atoms with E-state index in [4.69, 9.17) is 9.15 Å². The smallest absolute Gasteiger partial charge is 0.306 e. The zero-order valence-corrected chi connectivity index (χ0v) is 20.9. The van der Waals surface area contributed by atoms with Crippen LogP contribution in [0.3, 0.4) is 0 Å². The molecule has 4 aromatic rings. The lowest BCUT2D eigenvalue weighted by Gasteiger charge is -2.21. The Balaban J connectivity index is 1.47. The molecule has 2 unspecified atom stereocenters. The number of nitrogens with one attached hydrogen (secondary N) is 1. The van der Waals surface area contributed by atoms with Crippen molar-refractivity contribution in [1.82, 2.24) is 14.7 Å². The summed E-state index contributed by atoms with van der Waals surface area (Å²) in [5.41, 5.74) is 4.44. The molecule has 36 heavy (non-hydrogen) atoms. The van der Waals surface area contributed by atoms with Gasteiger partial charge < -0.3 is 19.6 Å². The van der Waals surface area contributed by atoms with E-state index >= 15 is 0 Å². The summed E-state index contributed by atoms with van der Waals surface area (Å²) in [6.07, 6.45) is 3.87. The van der Waals surface area contributed by atoms with Crippen LogP contribution in [0.25, 0.3) is 17.1 Å². The first kappa shape index (κ1) is 25.0. The Morgan fingerprint density at radius 2 is 1.97 bits per heavy atom. The number of nitrogens with zero attached hydrogens (tertiary/aromatic N) is 3. The number of aromatic nitrogens is 2. The summed E-state index contributed by atoms with van der Waals surface area (Å²) in [6, 6.07) is 14.6. The standard InChI is InChI=1S/C28H30N4O4/c1-17(2)36-26-10-9-22(13-23(26)14-29)27(34)30-24(11-19(4)33)12-20-5-7-21(8-6-20)25-15-32-18(3)16-35-28(32)31-25/h5-10,13,15-17,19,24,33H,11-12H2,1-4H3,(H,30,34). The third kappa shape index (κ3) is 5.75. The number of hydrogen-bond donors (Lipinski definition) is 2. The fourth-order valence-corrected chi connectivity index (χ4v) is 4.12. The maximum Gasteiger partial charge on any atom is 0.306 e. The van der Waals surface area contributed by atoms with E-state index in [1.807, 2.05) is 55.6 Å². The number of imidazole rings is 1. The van der Waals surface area contributed by atoms with Gasteiger partial charge in [0.25, 0.3) is 5.91 Å². The second-order valence-electron chi connectivity index (χ2n) is 9.30. The molecular weight excluding hydrogens is 456 g/mol. The van der Waals surface area contributed by atoms with E-state index in [0.717, 1.165) is 22.5 Å². The van der Waals surface area contributed by atoms with Crippen LogP contribution >= 0.6 is 0 Å². The predicted octanol–water partition coefficient (Wildman–Crippen LogP) is 4.67. The van der Waals surface area contributed by atoms with Gasteiger partial charge in [0.1, 0.15) is 18.1 Å². The molecule has 4 rings (SSSR count). The maximum atomic E-state index is 13.0. The van der Waals surface area contributed by atoms with Gasteiger partial charge in [0.2, 0.25) is 0 Å². The molecule has 0 saturated heterocycles. The summed E-state index contributed by atoms with van der Waals surface area (Å²) < 4.78 is 13.0. The summed E-state index contributed by atoms with van der Waals surface area (Å²) in [5.74, 6) is 0.695. The van der Waals surface area contributed by atoms with Crippen molar-refractivity contribution < 1.29 is 19.1 Å². The van der Waals surface area contributed by atoms with Crippen LogP contribution in [0, 0.1) is 18.3 Å². The third-order valence-corrected chi connectivity index (χ3v) is 5.81. The summed E-state index contributed by atoms with van der Waals surface area (Å²) in [5, 5.41) is 22.5. The van der Waals surface area contributed by atoms with Gasteiger partial charge in [0, 0.05) is 23.4 Å². The highest BCUT2D eigenvalue weighted by Gasteiger charge is 2.19. The van der Waals surface area contributed by atoms with Crippen molar-refractivity contribution in [3.63, 3.8) is 0 Å². The van der Waals surface area contributed by atoms with Gasteiger partial charge in [-0.1, -0.05) is 24.3 Å². The van der Waals surface area contributed by atoms with Crippen LogP contribution in [0.2, 0.25) is 0 Å². The SMILES string of the molecule is Cc1coc2nc(-c3ccc(CC(CC(C)O)NC(=O)c4ccc(OC(C)C)c(C#N)c4)cc3)cn12. The molecule has 186 valence electrons. The number of benzene rings is 2. The largest absolute Gasteiger partial charge is 0.490 e. The number of aryl methyl sites for hydroxylation is 1. The molecule has 0 radical (unpaired) electrons. The molecule has 0 bridgehead atoms. The number of aliphatic hydroxyl groups is 1. The number of rotatable bonds is 9. The van der Waals surface area contributed by atoms with Crippen molar-refractivity contribution in [2.75, 3.05) is 0 Å². The molecule has 8 heteroatoms. The number of aliphatic hydroxyl groups excluding tert-OH is 1. The van der Waals surface area contributed by atoms with Crippen molar-refractivity contribution in [3.8, 4) is 23.1 Å². The Morgan fingerprint density at radius 3 is 2.61 bits per heavy atom. The number of amides is 1. The minimum atomic E-state index is -0.588. The molecule has 0 aliphatic carbocycles. The molecule has 2 aromatic carbocycles. The first-order valence-corrected chi connectivity index (χ1v) is 12.0. The van der Waals surface area contributed by atoms with E-state index in [1.54, 1.807) is 25.3 Å². The molecule has 2 N–H and O–H groups in total. The highest BCUT2D eigenvalue weighted by atomic mass is 16.5. The molecule has 0 spiro atoms. The summed E-state index contributed by atoms with van der Waals surface area (Å²) in [4.78, 5) is 17.5. The minimum Gasteiger partial charge on any atom is -0.490 e. The van der Waals surface area contributed by atoms with E-state index in [2.05, 4.69) is 16.4 Å².